The zero-order valence-corrected chi connectivity index (χ0v) is 9.85. The molecule has 15 heavy (non-hydrogen) atoms. The fourth-order valence-corrected chi connectivity index (χ4v) is 2.85. The van der Waals surface area contributed by atoms with E-state index in [4.69, 9.17) is 4.74 Å². The van der Waals surface area contributed by atoms with Crippen molar-refractivity contribution in [2.75, 3.05) is 23.4 Å². The highest BCUT2D eigenvalue weighted by Gasteiger charge is 2.14. The summed E-state index contributed by atoms with van der Waals surface area (Å²) >= 11 is 2.03. The molecule has 1 aromatic carbocycles. The highest BCUT2D eigenvalue weighted by molar-refractivity contribution is 7.99. The summed E-state index contributed by atoms with van der Waals surface area (Å²) in [5.74, 6) is 3.46. The van der Waals surface area contributed by atoms with Gasteiger partial charge in [-0.25, -0.2) is 0 Å². The summed E-state index contributed by atoms with van der Waals surface area (Å²) in [7, 11) is 0. The molecule has 1 aliphatic heterocycles. The number of thioether (sulfide) groups is 1. The van der Waals surface area contributed by atoms with E-state index in [1.807, 2.05) is 30.8 Å². The Morgan fingerprint density at radius 2 is 2.20 bits per heavy atom. The van der Waals surface area contributed by atoms with Gasteiger partial charge in [0, 0.05) is 17.5 Å². The van der Waals surface area contributed by atoms with Gasteiger partial charge in [-0.3, -0.25) is 0 Å². The van der Waals surface area contributed by atoms with E-state index in [0.717, 1.165) is 12.4 Å². The Kier molecular flexibility index (Phi) is 3.78. The number of hydrogen-bond acceptors (Lipinski definition) is 3. The van der Waals surface area contributed by atoms with E-state index >= 15 is 0 Å². The van der Waals surface area contributed by atoms with E-state index in [2.05, 4.69) is 17.4 Å². The molecule has 0 amide bonds. The molecule has 82 valence electrons. The van der Waals surface area contributed by atoms with Gasteiger partial charge in [-0.1, -0.05) is 0 Å². The first-order valence-corrected chi connectivity index (χ1v) is 6.61. The summed E-state index contributed by atoms with van der Waals surface area (Å²) in [5, 5.41) is 3.53. The molecule has 0 radical (unpaired) electrons. The van der Waals surface area contributed by atoms with Crippen LogP contribution in [-0.2, 0) is 0 Å². The molecule has 1 unspecified atom stereocenters. The molecule has 0 saturated carbocycles. The van der Waals surface area contributed by atoms with Crippen LogP contribution in [0.1, 0.15) is 13.3 Å². The quantitative estimate of drug-likeness (QED) is 0.848. The van der Waals surface area contributed by atoms with Gasteiger partial charge in [0.2, 0.25) is 0 Å². The van der Waals surface area contributed by atoms with Gasteiger partial charge in [-0.05, 0) is 43.4 Å². The Balaban J connectivity index is 1.91. The molecule has 1 aromatic rings. The van der Waals surface area contributed by atoms with Crippen LogP contribution in [0.4, 0.5) is 5.69 Å². The van der Waals surface area contributed by atoms with Crippen LogP contribution in [0.5, 0.6) is 5.75 Å². The molecule has 0 spiro atoms. The van der Waals surface area contributed by atoms with Crippen LogP contribution in [0.25, 0.3) is 0 Å². The first-order valence-electron chi connectivity index (χ1n) is 5.45. The predicted octanol–water partition coefficient (Wildman–Crippen LogP) is 3.00. The maximum absolute atomic E-state index is 5.40. The van der Waals surface area contributed by atoms with E-state index in [1.54, 1.807) is 0 Å². The van der Waals surface area contributed by atoms with Crippen molar-refractivity contribution in [2.24, 2.45) is 0 Å². The molecule has 1 fully saturated rings. The van der Waals surface area contributed by atoms with Gasteiger partial charge in [0.05, 0.1) is 6.61 Å². The van der Waals surface area contributed by atoms with E-state index in [9.17, 15) is 0 Å². The predicted molar refractivity (Wildman–Crippen MR) is 67.0 cm³/mol. The van der Waals surface area contributed by atoms with Gasteiger partial charge >= 0.3 is 0 Å². The van der Waals surface area contributed by atoms with E-state index in [1.165, 1.54) is 23.6 Å². The highest BCUT2D eigenvalue weighted by Crippen LogP contribution is 2.22. The summed E-state index contributed by atoms with van der Waals surface area (Å²) in [4.78, 5) is 0. The summed E-state index contributed by atoms with van der Waals surface area (Å²) in [5.41, 5.74) is 1.20. The van der Waals surface area contributed by atoms with Crippen LogP contribution < -0.4 is 10.1 Å². The van der Waals surface area contributed by atoms with Crippen molar-refractivity contribution in [3.63, 3.8) is 0 Å². The lowest BCUT2D eigenvalue weighted by molar-refractivity contribution is 0.340. The Hall–Kier alpha value is -0.830. The van der Waals surface area contributed by atoms with Gasteiger partial charge in [0.15, 0.2) is 0 Å². The molecule has 3 heteroatoms. The van der Waals surface area contributed by atoms with Crippen molar-refractivity contribution in [3.8, 4) is 5.75 Å². The van der Waals surface area contributed by atoms with Crippen LogP contribution in [0.3, 0.4) is 0 Å². The van der Waals surface area contributed by atoms with E-state index in [0.29, 0.717) is 6.04 Å². The number of rotatable bonds is 4. The summed E-state index contributed by atoms with van der Waals surface area (Å²) < 4.78 is 5.40. The third-order valence-corrected chi connectivity index (χ3v) is 3.63. The smallest absolute Gasteiger partial charge is 0.119 e. The minimum Gasteiger partial charge on any atom is -0.494 e. The molecule has 1 saturated heterocycles. The van der Waals surface area contributed by atoms with Crippen LogP contribution in [0.15, 0.2) is 24.3 Å². The fourth-order valence-electron chi connectivity index (χ4n) is 1.70. The number of anilines is 1. The molecular weight excluding hydrogens is 206 g/mol. The van der Waals surface area contributed by atoms with E-state index < -0.39 is 0 Å². The van der Waals surface area contributed by atoms with Crippen LogP contribution >= 0.6 is 11.8 Å². The first-order chi connectivity index (χ1) is 7.38. The third-order valence-electron chi connectivity index (χ3n) is 2.47. The number of nitrogens with one attached hydrogen (secondary N) is 1. The second kappa shape index (κ2) is 5.31. The molecule has 0 bridgehead atoms. The number of ether oxygens (including phenoxy) is 1. The molecular formula is C12H17NOS. The van der Waals surface area contributed by atoms with Crippen molar-refractivity contribution < 1.29 is 4.74 Å². The molecule has 0 aromatic heterocycles. The zero-order valence-electron chi connectivity index (χ0n) is 9.03. The molecule has 2 nitrogen and oxygen atoms in total. The molecule has 2 rings (SSSR count). The van der Waals surface area contributed by atoms with Crippen LogP contribution in [0.2, 0.25) is 0 Å². The Morgan fingerprint density at radius 1 is 1.40 bits per heavy atom. The Labute approximate surface area is 95.4 Å². The van der Waals surface area contributed by atoms with Gasteiger partial charge in [-0.15, -0.1) is 0 Å². The second-order valence-electron chi connectivity index (χ2n) is 3.66. The maximum Gasteiger partial charge on any atom is 0.119 e. The fraction of sp³-hybridized carbons (Fsp3) is 0.500. The normalized spacial score (nSPS) is 20.2. The van der Waals surface area contributed by atoms with Crippen molar-refractivity contribution in [1.82, 2.24) is 0 Å². The number of benzene rings is 1. The van der Waals surface area contributed by atoms with Crippen molar-refractivity contribution >= 4 is 17.4 Å². The largest absolute Gasteiger partial charge is 0.494 e. The Bertz CT molecular complexity index is 293. The average Bonchev–Trinajstić information content (AvgIpc) is 2.74. The van der Waals surface area contributed by atoms with Crippen molar-refractivity contribution in [1.29, 1.82) is 0 Å². The summed E-state index contributed by atoms with van der Waals surface area (Å²) in [6, 6.07) is 8.87. The summed E-state index contributed by atoms with van der Waals surface area (Å²) in [6.45, 7) is 2.73. The second-order valence-corrected chi connectivity index (χ2v) is 4.81. The van der Waals surface area contributed by atoms with Gasteiger partial charge in [0.1, 0.15) is 5.75 Å². The summed E-state index contributed by atoms with van der Waals surface area (Å²) in [6.07, 6.45) is 1.28. The van der Waals surface area contributed by atoms with Crippen LogP contribution in [-0.4, -0.2) is 24.2 Å². The lowest BCUT2D eigenvalue weighted by Crippen LogP contribution is -2.17. The van der Waals surface area contributed by atoms with Gasteiger partial charge < -0.3 is 10.1 Å². The molecule has 1 heterocycles. The SMILES string of the molecule is CCOc1ccc(NC2CCSC2)cc1. The number of hydrogen-bond donors (Lipinski definition) is 1. The minimum absolute atomic E-state index is 0.646. The topological polar surface area (TPSA) is 21.3 Å². The monoisotopic (exact) mass is 223 g/mol. The Morgan fingerprint density at radius 3 is 2.80 bits per heavy atom. The molecule has 1 aliphatic rings. The zero-order chi connectivity index (χ0) is 10.5. The standard InChI is InChI=1S/C12H17NOS/c1-2-14-12-5-3-10(4-6-12)13-11-7-8-15-9-11/h3-6,11,13H,2,7-9H2,1H3. The van der Waals surface area contributed by atoms with Crippen molar-refractivity contribution in [3.05, 3.63) is 24.3 Å². The van der Waals surface area contributed by atoms with Crippen LogP contribution in [0, 0.1) is 0 Å². The maximum atomic E-state index is 5.40. The lowest BCUT2D eigenvalue weighted by atomic mass is 10.2. The van der Waals surface area contributed by atoms with Gasteiger partial charge in [0.25, 0.3) is 0 Å². The van der Waals surface area contributed by atoms with E-state index in [-0.39, 0.29) is 0 Å². The molecule has 1 atom stereocenters. The van der Waals surface area contributed by atoms with Crippen molar-refractivity contribution in [2.45, 2.75) is 19.4 Å². The minimum atomic E-state index is 0.646. The van der Waals surface area contributed by atoms with Gasteiger partial charge in [-0.2, -0.15) is 11.8 Å². The third kappa shape index (κ3) is 3.06. The first kappa shape index (κ1) is 10.7. The average molecular weight is 223 g/mol. The lowest BCUT2D eigenvalue weighted by Gasteiger charge is -2.13. The highest BCUT2D eigenvalue weighted by atomic mass is 32.2. The molecule has 1 N–H and O–H groups in total. The molecule has 0 aliphatic carbocycles.